The highest BCUT2D eigenvalue weighted by atomic mass is 35.5. The molecular formula is C19H29ClN4O2. The lowest BCUT2D eigenvalue weighted by Crippen LogP contribution is -2.57. The number of nitrogens with two attached hydrogens (primary N) is 1. The molecule has 2 aliphatic rings. The van der Waals surface area contributed by atoms with Crippen molar-refractivity contribution in [2.45, 2.75) is 57.2 Å². The van der Waals surface area contributed by atoms with Crippen molar-refractivity contribution in [1.82, 2.24) is 10.6 Å². The zero-order valence-corrected chi connectivity index (χ0v) is 15.9. The third kappa shape index (κ3) is 5.11. The molecule has 1 aromatic rings. The van der Waals surface area contributed by atoms with Crippen molar-refractivity contribution in [1.29, 1.82) is 0 Å². The number of carbonyl (C=O) groups excluding carboxylic acids is 2. The van der Waals surface area contributed by atoms with Gasteiger partial charge >= 0.3 is 6.03 Å². The average Bonchev–Trinajstić information content (AvgIpc) is 2.56. The van der Waals surface area contributed by atoms with E-state index in [-0.39, 0.29) is 36.4 Å². The third-order valence-electron chi connectivity index (χ3n) is 5.46. The van der Waals surface area contributed by atoms with Crippen molar-refractivity contribution < 1.29 is 9.59 Å². The molecule has 0 saturated heterocycles. The highest BCUT2D eigenvalue weighted by Crippen LogP contribution is 2.39. The normalized spacial score (nSPS) is 28.2. The summed E-state index contributed by atoms with van der Waals surface area (Å²) in [5, 5.41) is 8.61. The summed E-state index contributed by atoms with van der Waals surface area (Å²) in [6.07, 6.45) is 5.45. The van der Waals surface area contributed by atoms with E-state index in [2.05, 4.69) is 16.0 Å². The number of amides is 3. The van der Waals surface area contributed by atoms with E-state index in [0.717, 1.165) is 25.7 Å². The first-order chi connectivity index (χ1) is 12.0. The zero-order valence-electron chi connectivity index (χ0n) is 15.1. The second-order valence-corrected chi connectivity index (χ2v) is 7.40. The Labute approximate surface area is 161 Å². The lowest BCUT2D eigenvalue weighted by atomic mass is 9.67. The molecule has 7 heteroatoms. The number of benzene rings is 1. The van der Waals surface area contributed by atoms with Crippen LogP contribution in [0.15, 0.2) is 30.3 Å². The molecule has 2 aliphatic carbocycles. The molecule has 1 aromatic carbocycles. The Hall–Kier alpha value is -1.79. The fourth-order valence-corrected chi connectivity index (χ4v) is 4.26. The van der Waals surface area contributed by atoms with Crippen LogP contribution in [0.4, 0.5) is 10.5 Å². The number of halogens is 1. The molecule has 6 nitrogen and oxygen atoms in total. The third-order valence-corrected chi connectivity index (χ3v) is 5.46. The van der Waals surface area contributed by atoms with E-state index in [1.54, 1.807) is 19.1 Å². The minimum atomic E-state index is -0.583. The summed E-state index contributed by atoms with van der Waals surface area (Å²) in [7, 11) is 0. The lowest BCUT2D eigenvalue weighted by Gasteiger charge is -2.45. The van der Waals surface area contributed by atoms with Gasteiger partial charge in [-0.2, -0.15) is 0 Å². The van der Waals surface area contributed by atoms with Crippen LogP contribution in [0.3, 0.4) is 0 Å². The largest absolute Gasteiger partial charge is 0.351 e. The van der Waals surface area contributed by atoms with Crippen LogP contribution in [-0.4, -0.2) is 30.1 Å². The number of nitrogens with one attached hydrogen (secondary N) is 3. The SMILES string of the molecule is CC(NC(=O)Nc1ccccc1)C(=O)NC1C2CCCC1CC(N)C2.Cl. The minimum absolute atomic E-state index is 0. The Kier molecular flexibility index (Phi) is 7.29. The van der Waals surface area contributed by atoms with Crippen LogP contribution in [0.5, 0.6) is 0 Å². The van der Waals surface area contributed by atoms with Crippen molar-refractivity contribution in [3.8, 4) is 0 Å². The van der Waals surface area contributed by atoms with Gasteiger partial charge in [0, 0.05) is 17.8 Å². The molecule has 3 rings (SSSR count). The van der Waals surface area contributed by atoms with Crippen LogP contribution in [-0.2, 0) is 4.79 Å². The van der Waals surface area contributed by atoms with Gasteiger partial charge in [-0.1, -0.05) is 24.6 Å². The second-order valence-electron chi connectivity index (χ2n) is 7.40. The van der Waals surface area contributed by atoms with E-state index in [0.29, 0.717) is 17.5 Å². The molecule has 0 aromatic heterocycles. The molecule has 0 spiro atoms. The molecule has 2 fully saturated rings. The highest BCUT2D eigenvalue weighted by Gasteiger charge is 2.40. The van der Waals surface area contributed by atoms with Crippen molar-refractivity contribution in [3.63, 3.8) is 0 Å². The maximum Gasteiger partial charge on any atom is 0.319 e. The van der Waals surface area contributed by atoms with Gasteiger partial charge in [-0.3, -0.25) is 4.79 Å². The Morgan fingerprint density at radius 1 is 1.12 bits per heavy atom. The van der Waals surface area contributed by atoms with Crippen molar-refractivity contribution >= 4 is 30.0 Å². The summed E-state index contributed by atoms with van der Waals surface area (Å²) in [5.74, 6) is 0.814. The van der Waals surface area contributed by atoms with Gasteiger partial charge in [0.1, 0.15) is 6.04 Å². The molecule has 5 N–H and O–H groups in total. The number of fused-ring (bicyclic) bond motifs is 2. The van der Waals surface area contributed by atoms with Crippen LogP contribution >= 0.6 is 12.4 Å². The number of para-hydroxylation sites is 1. The molecule has 0 radical (unpaired) electrons. The van der Waals surface area contributed by atoms with Gasteiger partial charge in [0.2, 0.25) is 5.91 Å². The van der Waals surface area contributed by atoms with Gasteiger partial charge < -0.3 is 21.7 Å². The Bertz CT molecular complexity index is 599. The first kappa shape index (κ1) is 20.5. The van der Waals surface area contributed by atoms with Crippen molar-refractivity contribution in [3.05, 3.63) is 30.3 Å². The van der Waals surface area contributed by atoms with Crippen molar-refractivity contribution in [2.75, 3.05) is 5.32 Å². The van der Waals surface area contributed by atoms with E-state index in [1.165, 1.54) is 6.42 Å². The van der Waals surface area contributed by atoms with Crippen LogP contribution in [0.2, 0.25) is 0 Å². The summed E-state index contributed by atoms with van der Waals surface area (Å²) in [5.41, 5.74) is 6.84. The Morgan fingerprint density at radius 3 is 2.35 bits per heavy atom. The van der Waals surface area contributed by atoms with Crippen LogP contribution in [0.1, 0.15) is 39.0 Å². The van der Waals surface area contributed by atoms with E-state index < -0.39 is 6.04 Å². The number of urea groups is 1. The van der Waals surface area contributed by atoms with Gasteiger partial charge in [0.25, 0.3) is 0 Å². The van der Waals surface area contributed by atoms with E-state index in [4.69, 9.17) is 5.73 Å². The quantitative estimate of drug-likeness (QED) is 0.646. The molecule has 2 saturated carbocycles. The van der Waals surface area contributed by atoms with Gasteiger partial charge in [-0.05, 0) is 56.6 Å². The van der Waals surface area contributed by atoms with E-state index in [9.17, 15) is 9.59 Å². The summed E-state index contributed by atoms with van der Waals surface area (Å²) in [4.78, 5) is 24.6. The molecule has 3 amide bonds. The Morgan fingerprint density at radius 2 is 1.73 bits per heavy atom. The Balaban J connectivity index is 0.00000243. The molecule has 3 unspecified atom stereocenters. The fraction of sp³-hybridized carbons (Fsp3) is 0.579. The van der Waals surface area contributed by atoms with Crippen molar-refractivity contribution in [2.24, 2.45) is 17.6 Å². The lowest BCUT2D eigenvalue weighted by molar-refractivity contribution is -0.124. The number of rotatable bonds is 4. The predicted octanol–water partition coefficient (Wildman–Crippen LogP) is 2.64. The molecule has 3 atom stereocenters. The smallest absolute Gasteiger partial charge is 0.319 e. The fourth-order valence-electron chi connectivity index (χ4n) is 4.26. The molecule has 0 heterocycles. The van der Waals surface area contributed by atoms with Gasteiger partial charge in [0.15, 0.2) is 0 Å². The standard InChI is InChI=1S/C19H28N4O2.ClH/c1-12(21-19(25)22-16-8-3-2-4-9-16)18(24)23-17-13-6-5-7-14(17)11-15(20)10-13;/h2-4,8-9,12-15,17H,5-7,10-11,20H2,1H3,(H,23,24)(H2,21,22,25);1H. The number of hydrogen-bond donors (Lipinski definition) is 4. The van der Waals surface area contributed by atoms with E-state index in [1.807, 2.05) is 18.2 Å². The maximum absolute atomic E-state index is 12.5. The summed E-state index contributed by atoms with van der Waals surface area (Å²) in [6, 6.07) is 8.67. The predicted molar refractivity (Wildman–Crippen MR) is 105 cm³/mol. The highest BCUT2D eigenvalue weighted by molar-refractivity contribution is 5.93. The number of anilines is 1. The van der Waals surface area contributed by atoms with Gasteiger partial charge in [0.05, 0.1) is 0 Å². The molecular weight excluding hydrogens is 352 g/mol. The monoisotopic (exact) mass is 380 g/mol. The zero-order chi connectivity index (χ0) is 17.8. The summed E-state index contributed by atoms with van der Waals surface area (Å²) >= 11 is 0. The van der Waals surface area contributed by atoms with Crippen LogP contribution in [0.25, 0.3) is 0 Å². The maximum atomic E-state index is 12.5. The van der Waals surface area contributed by atoms with Gasteiger partial charge in [-0.15, -0.1) is 12.4 Å². The minimum Gasteiger partial charge on any atom is -0.351 e. The molecule has 2 bridgehead atoms. The average molecular weight is 381 g/mol. The van der Waals surface area contributed by atoms with Crippen LogP contribution < -0.4 is 21.7 Å². The first-order valence-corrected chi connectivity index (χ1v) is 9.21. The topological polar surface area (TPSA) is 96.2 Å². The van der Waals surface area contributed by atoms with Gasteiger partial charge in [-0.25, -0.2) is 4.79 Å². The molecule has 0 aliphatic heterocycles. The molecule has 144 valence electrons. The summed E-state index contributed by atoms with van der Waals surface area (Å²) < 4.78 is 0. The van der Waals surface area contributed by atoms with Crippen LogP contribution in [0, 0.1) is 11.8 Å². The van der Waals surface area contributed by atoms with E-state index >= 15 is 0 Å². The number of carbonyl (C=O) groups is 2. The molecule has 26 heavy (non-hydrogen) atoms. The number of hydrogen-bond acceptors (Lipinski definition) is 3. The summed E-state index contributed by atoms with van der Waals surface area (Å²) in [6.45, 7) is 1.71. The first-order valence-electron chi connectivity index (χ1n) is 9.21. The second kappa shape index (κ2) is 9.24.